The van der Waals surface area contributed by atoms with Crippen LogP contribution in [0.1, 0.15) is 16.1 Å². The molecule has 2 heterocycles. The molecular weight excluding hydrogens is 370 g/mol. The van der Waals surface area contributed by atoms with Crippen LogP contribution in [-0.4, -0.2) is 72.0 Å². The Morgan fingerprint density at radius 2 is 1.89 bits per heavy atom. The monoisotopic (exact) mass is 393 g/mol. The lowest BCUT2D eigenvalue weighted by atomic mass is 10.2. The second-order valence-corrected chi connectivity index (χ2v) is 6.89. The van der Waals surface area contributed by atoms with Crippen molar-refractivity contribution in [2.24, 2.45) is 0 Å². The number of β-amino-alcohol motifs (C(OH)–C–C–N with tert-alkyl or cyclic N) is 1. The van der Waals surface area contributed by atoms with Gasteiger partial charge in [0, 0.05) is 43.4 Å². The lowest BCUT2D eigenvalue weighted by Gasteiger charge is -2.34. The minimum absolute atomic E-state index is 0.182. The number of nitrogens with one attached hydrogen (secondary N) is 2. The highest BCUT2D eigenvalue weighted by Gasteiger charge is 2.22. The van der Waals surface area contributed by atoms with Crippen molar-refractivity contribution in [2.45, 2.75) is 6.92 Å². The summed E-state index contributed by atoms with van der Waals surface area (Å²) < 4.78 is 5.31. The molecule has 0 radical (unpaired) electrons. The number of nitrogens with zero attached hydrogens (tertiary/aromatic N) is 3. The molecule has 0 saturated carbocycles. The Hall–Kier alpha value is -2.13. The number of aromatic nitrogens is 1. The zero-order chi connectivity index (χ0) is 19.2. The number of aryl methyl sites for hydroxylation is 1. The van der Waals surface area contributed by atoms with Crippen LogP contribution in [0.15, 0.2) is 28.8 Å². The van der Waals surface area contributed by atoms with Crippen LogP contribution < -0.4 is 10.6 Å². The normalized spacial score (nSPS) is 15.7. The molecule has 3 rings (SSSR count). The molecule has 146 valence electrons. The summed E-state index contributed by atoms with van der Waals surface area (Å²) in [4.78, 5) is 17.1. The Morgan fingerprint density at radius 1 is 1.22 bits per heavy atom. The number of hydrogen-bond donors (Lipinski definition) is 3. The molecule has 1 fully saturated rings. The highest BCUT2D eigenvalue weighted by Crippen LogP contribution is 2.22. The topological polar surface area (TPSA) is 93.9 Å². The van der Waals surface area contributed by atoms with Crippen LogP contribution in [0.2, 0.25) is 5.02 Å². The third kappa shape index (κ3) is 5.20. The van der Waals surface area contributed by atoms with E-state index < -0.39 is 0 Å². The molecule has 2 aromatic rings. The van der Waals surface area contributed by atoms with Crippen molar-refractivity contribution in [1.82, 2.24) is 15.0 Å². The van der Waals surface area contributed by atoms with E-state index in [1.165, 1.54) is 0 Å². The first-order valence-electron chi connectivity index (χ1n) is 8.89. The third-order valence-corrected chi connectivity index (χ3v) is 4.79. The van der Waals surface area contributed by atoms with E-state index in [1.54, 1.807) is 31.2 Å². The van der Waals surface area contributed by atoms with Gasteiger partial charge in [-0.3, -0.25) is 14.6 Å². The van der Waals surface area contributed by atoms with E-state index in [2.05, 4.69) is 25.6 Å². The molecule has 1 aromatic heterocycles. The minimum atomic E-state index is -0.286. The fourth-order valence-corrected chi connectivity index (χ4v) is 3.11. The summed E-state index contributed by atoms with van der Waals surface area (Å²) in [5.74, 6) is 0.0723. The van der Waals surface area contributed by atoms with Crippen LogP contribution in [-0.2, 0) is 0 Å². The molecule has 0 aliphatic carbocycles. The number of carbonyl (C=O) groups excluding carboxylic acids is 1. The highest BCUT2D eigenvalue weighted by atomic mass is 35.5. The number of hydrogen-bond acceptors (Lipinski definition) is 7. The van der Waals surface area contributed by atoms with E-state index in [0.29, 0.717) is 41.1 Å². The van der Waals surface area contributed by atoms with Gasteiger partial charge in [0.25, 0.3) is 5.91 Å². The van der Waals surface area contributed by atoms with Gasteiger partial charge in [0.05, 0.1) is 19.0 Å². The fraction of sp³-hybridized carbons (Fsp3) is 0.444. The summed E-state index contributed by atoms with van der Waals surface area (Å²) in [6.07, 6.45) is 0. The van der Waals surface area contributed by atoms with E-state index in [4.69, 9.17) is 21.2 Å². The van der Waals surface area contributed by atoms with Crippen molar-refractivity contribution >= 4 is 29.1 Å². The van der Waals surface area contributed by atoms with Crippen molar-refractivity contribution < 1.29 is 14.4 Å². The Kier molecular flexibility index (Phi) is 6.68. The number of anilines is 2. The van der Waals surface area contributed by atoms with Crippen LogP contribution >= 0.6 is 11.6 Å². The van der Waals surface area contributed by atoms with Gasteiger partial charge < -0.3 is 20.3 Å². The van der Waals surface area contributed by atoms with E-state index in [0.717, 1.165) is 26.2 Å². The molecule has 8 nitrogen and oxygen atoms in total. The summed E-state index contributed by atoms with van der Waals surface area (Å²) in [5.41, 5.74) is 1.57. The molecule has 0 unspecified atom stereocenters. The molecule has 27 heavy (non-hydrogen) atoms. The van der Waals surface area contributed by atoms with Crippen LogP contribution in [0, 0.1) is 6.92 Å². The predicted molar refractivity (Wildman–Crippen MR) is 104 cm³/mol. The van der Waals surface area contributed by atoms with Gasteiger partial charge in [-0.2, -0.15) is 0 Å². The zero-order valence-electron chi connectivity index (χ0n) is 15.2. The van der Waals surface area contributed by atoms with Gasteiger partial charge in [0.15, 0.2) is 0 Å². The Labute approximate surface area is 163 Å². The van der Waals surface area contributed by atoms with Gasteiger partial charge in [-0.05, 0) is 31.2 Å². The van der Waals surface area contributed by atoms with Gasteiger partial charge in [-0.15, -0.1) is 0 Å². The minimum Gasteiger partial charge on any atom is -0.395 e. The largest absolute Gasteiger partial charge is 0.395 e. The molecular formula is C18H24ClN5O3. The number of rotatable bonds is 7. The summed E-state index contributed by atoms with van der Waals surface area (Å²) >= 11 is 5.87. The number of aliphatic hydroxyl groups excluding tert-OH is 1. The van der Waals surface area contributed by atoms with E-state index in [9.17, 15) is 4.79 Å². The predicted octanol–water partition coefficient (Wildman–Crippen LogP) is 1.87. The van der Waals surface area contributed by atoms with Gasteiger partial charge in [0.2, 0.25) is 5.88 Å². The van der Waals surface area contributed by atoms with Crippen LogP contribution in [0.3, 0.4) is 0 Å². The molecule has 9 heteroatoms. The number of piperazine rings is 1. The Balaban J connectivity index is 1.58. The molecule has 3 N–H and O–H groups in total. The quantitative estimate of drug-likeness (QED) is 0.661. The first-order valence-corrected chi connectivity index (χ1v) is 9.27. The maximum atomic E-state index is 12.6. The lowest BCUT2D eigenvalue weighted by molar-refractivity contribution is 0.102. The standard InChI is InChI=1S/C18H24ClN5O3/c1-13-16(17(26)21-15-4-2-14(19)3-5-15)18(27-22-13)20-12-24-8-6-23(7-9-24)10-11-25/h2-5,20,25H,6-12H2,1H3,(H,21,26). The number of carbonyl (C=O) groups is 1. The summed E-state index contributed by atoms with van der Waals surface area (Å²) in [7, 11) is 0. The van der Waals surface area contributed by atoms with Gasteiger partial charge in [-0.25, -0.2) is 0 Å². The first kappa shape index (κ1) is 19.6. The van der Waals surface area contributed by atoms with Crippen LogP contribution in [0.4, 0.5) is 11.6 Å². The first-order chi connectivity index (χ1) is 13.1. The molecule has 1 saturated heterocycles. The second kappa shape index (κ2) is 9.18. The smallest absolute Gasteiger partial charge is 0.263 e. The SMILES string of the molecule is Cc1noc(NCN2CCN(CCO)CC2)c1C(=O)Nc1ccc(Cl)cc1. The Bertz CT molecular complexity index is 757. The Morgan fingerprint density at radius 3 is 2.56 bits per heavy atom. The number of amides is 1. The van der Waals surface area contributed by atoms with Gasteiger partial charge in [0.1, 0.15) is 5.56 Å². The van der Waals surface area contributed by atoms with E-state index in [1.807, 2.05) is 0 Å². The van der Waals surface area contributed by atoms with Crippen molar-refractivity contribution in [3.63, 3.8) is 0 Å². The summed E-state index contributed by atoms with van der Waals surface area (Å²) in [5, 5.41) is 19.5. The van der Waals surface area contributed by atoms with E-state index in [-0.39, 0.29) is 12.5 Å². The van der Waals surface area contributed by atoms with Gasteiger partial charge >= 0.3 is 0 Å². The maximum Gasteiger partial charge on any atom is 0.263 e. The average Bonchev–Trinajstić information content (AvgIpc) is 3.04. The van der Waals surface area contributed by atoms with E-state index >= 15 is 0 Å². The summed E-state index contributed by atoms with van der Waals surface area (Å²) in [6, 6.07) is 6.91. The second-order valence-electron chi connectivity index (χ2n) is 6.45. The maximum absolute atomic E-state index is 12.6. The van der Waals surface area contributed by atoms with Crippen molar-refractivity contribution in [3.8, 4) is 0 Å². The number of aliphatic hydroxyl groups is 1. The van der Waals surface area contributed by atoms with Crippen LogP contribution in [0.5, 0.6) is 0 Å². The molecule has 1 aromatic carbocycles. The molecule has 0 spiro atoms. The summed E-state index contributed by atoms with van der Waals surface area (Å²) in [6.45, 7) is 6.75. The zero-order valence-corrected chi connectivity index (χ0v) is 16.0. The number of benzene rings is 1. The molecule has 0 bridgehead atoms. The fourth-order valence-electron chi connectivity index (χ4n) is 2.98. The third-order valence-electron chi connectivity index (χ3n) is 4.54. The molecule has 0 atom stereocenters. The number of halogens is 1. The van der Waals surface area contributed by atoms with Crippen molar-refractivity contribution in [3.05, 3.63) is 40.5 Å². The van der Waals surface area contributed by atoms with Crippen molar-refractivity contribution in [2.75, 3.05) is 56.6 Å². The average molecular weight is 394 g/mol. The lowest BCUT2D eigenvalue weighted by Crippen LogP contribution is -2.48. The molecule has 1 aliphatic heterocycles. The van der Waals surface area contributed by atoms with Crippen LogP contribution in [0.25, 0.3) is 0 Å². The highest BCUT2D eigenvalue weighted by molar-refractivity contribution is 6.30. The molecule has 1 aliphatic rings. The molecule has 1 amide bonds. The van der Waals surface area contributed by atoms with Crippen molar-refractivity contribution in [1.29, 1.82) is 0 Å². The van der Waals surface area contributed by atoms with Gasteiger partial charge in [-0.1, -0.05) is 16.8 Å².